The molecule has 0 aromatic rings. The van der Waals surface area contributed by atoms with Gasteiger partial charge in [0.05, 0.1) is 6.04 Å². The summed E-state index contributed by atoms with van der Waals surface area (Å²) < 4.78 is 0. The molecule has 3 heteroatoms. The van der Waals surface area contributed by atoms with Gasteiger partial charge in [0.15, 0.2) is 0 Å². The summed E-state index contributed by atoms with van der Waals surface area (Å²) in [4.78, 5) is 11.6. The van der Waals surface area contributed by atoms with Crippen LogP contribution in [0.3, 0.4) is 0 Å². The van der Waals surface area contributed by atoms with Gasteiger partial charge in [-0.2, -0.15) is 0 Å². The van der Waals surface area contributed by atoms with Crippen molar-refractivity contribution < 1.29 is 4.79 Å². The van der Waals surface area contributed by atoms with E-state index >= 15 is 0 Å². The zero-order valence-electron chi connectivity index (χ0n) is 8.68. The van der Waals surface area contributed by atoms with Crippen molar-refractivity contribution in [1.82, 2.24) is 10.6 Å². The minimum Gasteiger partial charge on any atom is -0.351 e. The van der Waals surface area contributed by atoms with Crippen molar-refractivity contribution in [3.63, 3.8) is 0 Å². The van der Waals surface area contributed by atoms with Crippen LogP contribution in [-0.4, -0.2) is 24.5 Å². The molecular formula is C11H18N2O. The third kappa shape index (κ3) is 3.04. The van der Waals surface area contributed by atoms with E-state index in [0.29, 0.717) is 6.42 Å². The van der Waals surface area contributed by atoms with Crippen LogP contribution in [0, 0.1) is 12.3 Å². The molecule has 0 aromatic heterocycles. The van der Waals surface area contributed by atoms with Crippen LogP contribution < -0.4 is 10.6 Å². The Morgan fingerprint density at radius 3 is 3.07 bits per heavy atom. The molecule has 1 rings (SSSR count). The molecule has 1 heterocycles. The van der Waals surface area contributed by atoms with E-state index in [-0.39, 0.29) is 18.0 Å². The van der Waals surface area contributed by atoms with Gasteiger partial charge in [-0.3, -0.25) is 4.79 Å². The van der Waals surface area contributed by atoms with E-state index in [1.807, 2.05) is 6.92 Å². The van der Waals surface area contributed by atoms with Crippen LogP contribution in [-0.2, 0) is 4.79 Å². The maximum atomic E-state index is 11.6. The summed E-state index contributed by atoms with van der Waals surface area (Å²) in [5.74, 6) is 2.68. The molecule has 0 radical (unpaired) electrons. The molecule has 1 aliphatic heterocycles. The monoisotopic (exact) mass is 194 g/mol. The maximum absolute atomic E-state index is 11.6. The van der Waals surface area contributed by atoms with Crippen LogP contribution in [0.5, 0.6) is 0 Å². The predicted octanol–water partition coefficient (Wildman–Crippen LogP) is 0.656. The molecule has 1 aliphatic rings. The van der Waals surface area contributed by atoms with Gasteiger partial charge in [-0.1, -0.05) is 6.92 Å². The molecule has 1 saturated heterocycles. The van der Waals surface area contributed by atoms with Crippen molar-refractivity contribution >= 4 is 5.91 Å². The van der Waals surface area contributed by atoms with Crippen LogP contribution in [0.4, 0.5) is 0 Å². The normalized spacial score (nSPS) is 22.7. The van der Waals surface area contributed by atoms with Gasteiger partial charge < -0.3 is 10.6 Å². The predicted molar refractivity (Wildman–Crippen MR) is 56.7 cm³/mol. The average Bonchev–Trinajstić information content (AvgIpc) is 2.69. The van der Waals surface area contributed by atoms with E-state index in [1.54, 1.807) is 0 Å². The first-order valence-electron chi connectivity index (χ1n) is 5.25. The molecule has 2 N–H and O–H groups in total. The topological polar surface area (TPSA) is 41.1 Å². The minimum atomic E-state index is 0.00169. The molecular weight excluding hydrogens is 176 g/mol. The highest BCUT2D eigenvalue weighted by molar-refractivity contribution is 5.82. The Kier molecular flexibility index (Phi) is 4.48. The molecule has 1 unspecified atom stereocenters. The molecule has 78 valence electrons. The summed E-state index contributed by atoms with van der Waals surface area (Å²) in [6.45, 7) is 2.98. The number of carbonyl (C=O) groups excluding carboxylic acids is 1. The lowest BCUT2D eigenvalue weighted by Gasteiger charge is -2.17. The van der Waals surface area contributed by atoms with Gasteiger partial charge in [-0.25, -0.2) is 0 Å². The van der Waals surface area contributed by atoms with E-state index in [2.05, 4.69) is 16.6 Å². The second kappa shape index (κ2) is 5.66. The van der Waals surface area contributed by atoms with Gasteiger partial charge >= 0.3 is 0 Å². The Morgan fingerprint density at radius 2 is 2.57 bits per heavy atom. The molecule has 0 bridgehead atoms. The molecule has 0 aliphatic carbocycles. The lowest BCUT2D eigenvalue weighted by molar-refractivity contribution is -0.123. The third-order valence-corrected chi connectivity index (χ3v) is 2.58. The van der Waals surface area contributed by atoms with Gasteiger partial charge in [-0.15, -0.1) is 12.3 Å². The number of hydrogen-bond acceptors (Lipinski definition) is 2. The Morgan fingerprint density at radius 1 is 1.79 bits per heavy atom. The van der Waals surface area contributed by atoms with Crippen molar-refractivity contribution in [3.05, 3.63) is 0 Å². The molecule has 0 saturated carbocycles. The van der Waals surface area contributed by atoms with Gasteiger partial charge in [0, 0.05) is 12.5 Å². The third-order valence-electron chi connectivity index (χ3n) is 2.58. The van der Waals surface area contributed by atoms with E-state index in [4.69, 9.17) is 6.42 Å². The molecule has 3 nitrogen and oxygen atoms in total. The van der Waals surface area contributed by atoms with Crippen LogP contribution in [0.15, 0.2) is 0 Å². The molecule has 1 amide bonds. The summed E-state index contributed by atoms with van der Waals surface area (Å²) in [7, 11) is 0. The number of rotatable bonds is 4. The van der Waals surface area contributed by atoms with E-state index in [9.17, 15) is 4.79 Å². The zero-order chi connectivity index (χ0) is 10.4. The van der Waals surface area contributed by atoms with E-state index in [1.165, 1.54) is 0 Å². The quantitative estimate of drug-likeness (QED) is 0.645. The van der Waals surface area contributed by atoms with Gasteiger partial charge in [0.2, 0.25) is 5.91 Å². The van der Waals surface area contributed by atoms with Crippen molar-refractivity contribution in [2.24, 2.45) is 0 Å². The first-order valence-corrected chi connectivity index (χ1v) is 5.25. The number of carbonyl (C=O) groups is 1. The Balaban J connectivity index is 2.34. The molecule has 0 spiro atoms. The molecule has 2 atom stereocenters. The highest BCUT2D eigenvalue weighted by Gasteiger charge is 2.23. The van der Waals surface area contributed by atoms with Crippen molar-refractivity contribution in [2.45, 2.75) is 44.7 Å². The van der Waals surface area contributed by atoms with Crippen molar-refractivity contribution in [2.75, 3.05) is 6.54 Å². The number of nitrogens with one attached hydrogen (secondary N) is 2. The summed E-state index contributed by atoms with van der Waals surface area (Å²) in [6, 6.07) is 0.136. The van der Waals surface area contributed by atoms with Crippen LogP contribution in [0.2, 0.25) is 0 Å². The fourth-order valence-electron chi connectivity index (χ4n) is 1.65. The average molecular weight is 194 g/mol. The Hall–Kier alpha value is -1.01. The SMILES string of the molecule is C#CCC(CC)NC(=O)[C@H]1CCCN1. The number of hydrogen-bond donors (Lipinski definition) is 2. The maximum Gasteiger partial charge on any atom is 0.237 e. The summed E-state index contributed by atoms with van der Waals surface area (Å²) in [6.07, 6.45) is 8.76. The van der Waals surface area contributed by atoms with Gasteiger partial charge in [0.1, 0.15) is 0 Å². The Labute approximate surface area is 85.6 Å². The minimum absolute atomic E-state index is 0.00169. The molecule has 1 fully saturated rings. The fourth-order valence-corrected chi connectivity index (χ4v) is 1.65. The molecule has 0 aromatic carbocycles. The zero-order valence-corrected chi connectivity index (χ0v) is 8.68. The second-order valence-corrected chi connectivity index (χ2v) is 3.67. The second-order valence-electron chi connectivity index (χ2n) is 3.67. The van der Waals surface area contributed by atoms with E-state index in [0.717, 1.165) is 25.8 Å². The summed E-state index contributed by atoms with van der Waals surface area (Å²) in [5.41, 5.74) is 0. The fraction of sp³-hybridized carbons (Fsp3) is 0.727. The van der Waals surface area contributed by atoms with Gasteiger partial charge in [0.25, 0.3) is 0 Å². The van der Waals surface area contributed by atoms with Crippen LogP contribution in [0.25, 0.3) is 0 Å². The van der Waals surface area contributed by atoms with Crippen LogP contribution >= 0.6 is 0 Å². The first kappa shape index (κ1) is 11.1. The highest BCUT2D eigenvalue weighted by Crippen LogP contribution is 2.06. The lowest BCUT2D eigenvalue weighted by Crippen LogP contribution is -2.44. The van der Waals surface area contributed by atoms with E-state index < -0.39 is 0 Å². The number of terminal acetylenes is 1. The molecule has 14 heavy (non-hydrogen) atoms. The summed E-state index contributed by atoms with van der Waals surface area (Å²) in [5, 5.41) is 6.13. The van der Waals surface area contributed by atoms with Crippen molar-refractivity contribution in [1.29, 1.82) is 0 Å². The Bertz CT molecular complexity index is 226. The van der Waals surface area contributed by atoms with Crippen LogP contribution in [0.1, 0.15) is 32.6 Å². The van der Waals surface area contributed by atoms with Crippen molar-refractivity contribution in [3.8, 4) is 12.3 Å². The summed E-state index contributed by atoms with van der Waals surface area (Å²) >= 11 is 0. The smallest absolute Gasteiger partial charge is 0.237 e. The number of amides is 1. The first-order chi connectivity index (χ1) is 6.77. The largest absolute Gasteiger partial charge is 0.351 e. The van der Waals surface area contributed by atoms with Gasteiger partial charge in [-0.05, 0) is 25.8 Å². The standard InChI is InChI=1S/C11H18N2O/c1-3-6-9(4-2)13-11(14)10-7-5-8-12-10/h1,9-10,12H,4-8H2,2H3,(H,13,14)/t9?,10-/m1/s1. The lowest BCUT2D eigenvalue weighted by atomic mass is 10.1. The highest BCUT2D eigenvalue weighted by atomic mass is 16.2.